The maximum absolute atomic E-state index is 12.9. The second-order valence-electron chi connectivity index (χ2n) is 9.56. The number of aromatic nitrogens is 2. The highest BCUT2D eigenvalue weighted by Gasteiger charge is 2.37. The van der Waals surface area contributed by atoms with E-state index < -0.39 is 6.29 Å². The van der Waals surface area contributed by atoms with Crippen LogP contribution in [0.25, 0.3) is 0 Å². The van der Waals surface area contributed by atoms with Crippen LogP contribution in [0.3, 0.4) is 0 Å². The Bertz CT molecular complexity index is 1470. The molecule has 2 aliphatic rings. The van der Waals surface area contributed by atoms with E-state index in [0.717, 1.165) is 21.8 Å². The largest absolute Gasteiger partial charge is 0.392 e. The molecule has 4 aromatic rings. The van der Waals surface area contributed by atoms with Gasteiger partial charge in [0.1, 0.15) is 0 Å². The molecule has 3 aromatic carbocycles. The topological polar surface area (TPSA) is 93.9 Å². The molecule has 1 aromatic heterocycles. The Morgan fingerprint density at radius 1 is 0.923 bits per heavy atom. The molecule has 6 rings (SSSR count). The first kappa shape index (κ1) is 25.5. The third-order valence-electron chi connectivity index (χ3n) is 7.01. The fraction of sp³-hybridized carbons (Fsp3) is 0.233. The summed E-state index contributed by atoms with van der Waals surface area (Å²) in [6.07, 6.45) is 3.40. The van der Waals surface area contributed by atoms with Crippen molar-refractivity contribution in [3.8, 4) is 0 Å². The number of nitrogens with zero attached hydrogens (tertiary/aromatic N) is 3. The van der Waals surface area contributed by atoms with Crippen molar-refractivity contribution in [3.05, 3.63) is 113 Å². The summed E-state index contributed by atoms with van der Waals surface area (Å²) in [5.41, 5.74) is 3.96. The smallest absolute Gasteiger partial charge is 0.266 e. The lowest BCUT2D eigenvalue weighted by atomic mass is 10.0. The van der Waals surface area contributed by atoms with Crippen molar-refractivity contribution in [2.45, 2.75) is 36.7 Å². The minimum absolute atomic E-state index is 0.0140. The van der Waals surface area contributed by atoms with Gasteiger partial charge in [-0.3, -0.25) is 9.59 Å². The minimum Gasteiger partial charge on any atom is -0.392 e. The number of rotatable bonds is 7. The Balaban J connectivity index is 1.23. The molecule has 9 heteroatoms. The summed E-state index contributed by atoms with van der Waals surface area (Å²) in [7, 11) is 1.96. The van der Waals surface area contributed by atoms with E-state index in [1.807, 2.05) is 54.2 Å². The molecule has 3 atom stereocenters. The summed E-state index contributed by atoms with van der Waals surface area (Å²) >= 11 is 1.63. The van der Waals surface area contributed by atoms with Gasteiger partial charge in [-0.2, -0.15) is 0 Å². The second-order valence-corrected chi connectivity index (χ2v) is 10.6. The van der Waals surface area contributed by atoms with Crippen molar-refractivity contribution in [1.29, 1.82) is 0 Å². The number of fused-ring (bicyclic) bond motifs is 1. The van der Waals surface area contributed by atoms with Gasteiger partial charge in [-0.1, -0.05) is 60.3 Å². The van der Waals surface area contributed by atoms with Gasteiger partial charge in [-0.05, 0) is 35.4 Å². The number of anilines is 1. The van der Waals surface area contributed by atoms with Crippen molar-refractivity contribution in [1.82, 2.24) is 9.55 Å². The number of hydrogen-bond acceptors (Lipinski definition) is 7. The van der Waals surface area contributed by atoms with Crippen LogP contribution >= 0.6 is 11.8 Å². The Hall–Kier alpha value is -3.76. The molecule has 1 saturated heterocycles. The van der Waals surface area contributed by atoms with Gasteiger partial charge >= 0.3 is 0 Å². The van der Waals surface area contributed by atoms with E-state index in [-0.39, 0.29) is 30.6 Å². The predicted molar refractivity (Wildman–Crippen MR) is 146 cm³/mol. The number of hydrogen-bond donors (Lipinski definition) is 1. The number of amides is 2. The number of ether oxygens (including phenoxy) is 2. The zero-order chi connectivity index (χ0) is 26.9. The van der Waals surface area contributed by atoms with Gasteiger partial charge in [0, 0.05) is 37.2 Å². The molecule has 1 fully saturated rings. The first-order valence-corrected chi connectivity index (χ1v) is 13.7. The summed E-state index contributed by atoms with van der Waals surface area (Å²) in [6, 6.07) is 21.8. The first-order valence-electron chi connectivity index (χ1n) is 12.7. The third kappa shape index (κ3) is 5.02. The highest BCUT2D eigenvalue weighted by Crippen LogP contribution is 2.40. The molecule has 39 heavy (non-hydrogen) atoms. The zero-order valence-electron chi connectivity index (χ0n) is 21.3. The number of aliphatic hydroxyl groups excluding tert-OH is 1. The molecule has 2 amide bonds. The predicted octanol–water partition coefficient (Wildman–Crippen LogP) is 5.05. The van der Waals surface area contributed by atoms with E-state index >= 15 is 0 Å². The average molecular weight is 542 g/mol. The van der Waals surface area contributed by atoms with E-state index in [4.69, 9.17) is 9.47 Å². The van der Waals surface area contributed by atoms with Crippen LogP contribution in [0.2, 0.25) is 0 Å². The monoisotopic (exact) mass is 541 g/mol. The zero-order valence-corrected chi connectivity index (χ0v) is 22.1. The van der Waals surface area contributed by atoms with Gasteiger partial charge in [0.2, 0.25) is 0 Å². The van der Waals surface area contributed by atoms with Gasteiger partial charge in [0.25, 0.3) is 11.8 Å². The van der Waals surface area contributed by atoms with Crippen molar-refractivity contribution < 1.29 is 24.2 Å². The summed E-state index contributed by atoms with van der Waals surface area (Å²) in [6.45, 7) is -0.0140. The van der Waals surface area contributed by atoms with E-state index in [1.54, 1.807) is 54.4 Å². The molecule has 0 saturated carbocycles. The number of thioether (sulfide) groups is 1. The van der Waals surface area contributed by atoms with Crippen LogP contribution in [0.5, 0.6) is 0 Å². The summed E-state index contributed by atoms with van der Waals surface area (Å²) in [5.74, 6) is 0.0424. The highest BCUT2D eigenvalue weighted by atomic mass is 32.2. The Morgan fingerprint density at radius 3 is 2.21 bits per heavy atom. The lowest BCUT2D eigenvalue weighted by Crippen LogP contribution is -2.31. The van der Waals surface area contributed by atoms with E-state index in [1.165, 1.54) is 4.90 Å². The van der Waals surface area contributed by atoms with Crippen LogP contribution in [0.4, 0.5) is 5.69 Å². The van der Waals surface area contributed by atoms with Crippen molar-refractivity contribution in [3.63, 3.8) is 0 Å². The highest BCUT2D eigenvalue weighted by molar-refractivity contribution is 7.99. The minimum atomic E-state index is -0.635. The molecule has 8 nitrogen and oxygen atoms in total. The normalized spacial score (nSPS) is 20.9. The number of aliphatic hydroxyl groups is 1. The lowest BCUT2D eigenvalue weighted by molar-refractivity contribution is -0.245. The molecular formula is C30H27N3O5S. The molecule has 0 spiro atoms. The van der Waals surface area contributed by atoms with Crippen LogP contribution in [-0.2, 0) is 23.1 Å². The number of imide groups is 1. The molecule has 3 heterocycles. The number of aryl methyl sites for hydroxylation is 1. The molecule has 0 aliphatic carbocycles. The van der Waals surface area contributed by atoms with Gasteiger partial charge in [-0.25, -0.2) is 9.88 Å². The van der Waals surface area contributed by atoms with E-state index in [9.17, 15) is 14.7 Å². The third-order valence-corrected chi connectivity index (χ3v) is 8.20. The SMILES string of the molecule is Cn1ccnc1SC[C@H]1C[C@@H](c2ccc(CO)cc2)O[C@@H](c2ccc(N3C(=O)c4ccccc4C3=O)cc2)O1. The average Bonchev–Trinajstić information content (AvgIpc) is 3.51. The number of carbonyl (C=O) groups is 2. The van der Waals surface area contributed by atoms with Gasteiger partial charge in [0.05, 0.1) is 35.6 Å². The fourth-order valence-corrected chi connectivity index (χ4v) is 5.84. The number of benzene rings is 3. The van der Waals surface area contributed by atoms with Gasteiger partial charge < -0.3 is 19.1 Å². The molecular weight excluding hydrogens is 514 g/mol. The van der Waals surface area contributed by atoms with Crippen molar-refractivity contribution in [2.75, 3.05) is 10.7 Å². The summed E-state index contributed by atoms with van der Waals surface area (Å²) < 4.78 is 14.8. The Morgan fingerprint density at radius 2 is 1.59 bits per heavy atom. The summed E-state index contributed by atoms with van der Waals surface area (Å²) in [5, 5.41) is 10.3. The lowest BCUT2D eigenvalue weighted by Gasteiger charge is -2.36. The Kier molecular flexibility index (Phi) is 7.05. The molecule has 0 unspecified atom stereocenters. The van der Waals surface area contributed by atoms with Crippen LogP contribution in [0.1, 0.15) is 56.2 Å². The van der Waals surface area contributed by atoms with Crippen molar-refractivity contribution in [2.24, 2.45) is 7.05 Å². The van der Waals surface area contributed by atoms with E-state index in [2.05, 4.69) is 4.98 Å². The fourth-order valence-electron chi connectivity index (χ4n) is 4.89. The summed E-state index contributed by atoms with van der Waals surface area (Å²) in [4.78, 5) is 31.4. The van der Waals surface area contributed by atoms with Crippen molar-refractivity contribution >= 4 is 29.3 Å². The number of imidazole rings is 1. The molecule has 0 radical (unpaired) electrons. The standard InChI is InChI=1S/C30H27N3O5S/c1-32-15-14-31-30(32)39-18-23-16-26(20-8-6-19(17-34)7-9-20)38-29(37-23)21-10-12-22(13-11-21)33-27(35)24-4-2-3-5-25(24)28(33)36/h2-15,23,26,29,34H,16-18H2,1H3/t23-,26+,29+/m1/s1. The quantitative estimate of drug-likeness (QED) is 0.258. The maximum atomic E-state index is 12.9. The molecule has 2 aliphatic heterocycles. The maximum Gasteiger partial charge on any atom is 0.266 e. The van der Waals surface area contributed by atoms with Crippen LogP contribution in [0.15, 0.2) is 90.3 Å². The van der Waals surface area contributed by atoms with Crippen LogP contribution < -0.4 is 4.90 Å². The molecule has 0 bridgehead atoms. The van der Waals surface area contributed by atoms with Gasteiger partial charge in [0.15, 0.2) is 11.4 Å². The number of carbonyl (C=O) groups excluding carboxylic acids is 2. The van der Waals surface area contributed by atoms with Crippen LogP contribution in [0, 0.1) is 0 Å². The molecule has 1 N–H and O–H groups in total. The molecule has 198 valence electrons. The Labute approximate surface area is 230 Å². The second kappa shape index (κ2) is 10.8. The van der Waals surface area contributed by atoms with Gasteiger partial charge in [-0.15, -0.1) is 0 Å². The first-order chi connectivity index (χ1) is 19.0. The van der Waals surface area contributed by atoms with Crippen LogP contribution in [-0.4, -0.2) is 38.3 Å². The van der Waals surface area contributed by atoms with E-state index in [0.29, 0.717) is 29.0 Å².